The molecular formula is C21H16BrN3O4. The van der Waals surface area contributed by atoms with Crippen molar-refractivity contribution in [1.82, 2.24) is 15.0 Å². The molecule has 146 valence electrons. The van der Waals surface area contributed by atoms with E-state index in [1.54, 1.807) is 23.0 Å². The van der Waals surface area contributed by atoms with Crippen molar-refractivity contribution >= 4 is 28.0 Å². The Morgan fingerprint density at radius 3 is 2.93 bits per heavy atom. The maximum atomic E-state index is 11.9. The van der Waals surface area contributed by atoms with Crippen LogP contribution in [0.4, 0.5) is 0 Å². The molecular weight excluding hydrogens is 438 g/mol. The molecule has 4 rings (SSSR count). The molecule has 2 aromatic carbocycles. The van der Waals surface area contributed by atoms with Gasteiger partial charge in [0.25, 0.3) is 0 Å². The molecule has 0 saturated heterocycles. The largest absolute Gasteiger partial charge is 0.456 e. The van der Waals surface area contributed by atoms with Gasteiger partial charge >= 0.3 is 5.97 Å². The van der Waals surface area contributed by atoms with Crippen LogP contribution in [0.2, 0.25) is 0 Å². The van der Waals surface area contributed by atoms with Gasteiger partial charge in [-0.15, -0.1) is 5.10 Å². The third-order valence-electron chi connectivity index (χ3n) is 4.03. The summed E-state index contributed by atoms with van der Waals surface area (Å²) in [6.07, 6.45) is 8.29. The van der Waals surface area contributed by atoms with E-state index in [0.717, 1.165) is 21.5 Å². The van der Waals surface area contributed by atoms with Crippen LogP contribution in [0.25, 0.3) is 11.8 Å². The summed E-state index contributed by atoms with van der Waals surface area (Å²) in [4.78, 5) is 11.9. The van der Waals surface area contributed by atoms with Crippen molar-refractivity contribution in [3.8, 4) is 17.2 Å². The molecule has 0 unspecified atom stereocenters. The number of hydrogen-bond donors (Lipinski definition) is 0. The lowest BCUT2D eigenvalue weighted by atomic mass is 10.2. The number of fused-ring (bicyclic) bond motifs is 1. The van der Waals surface area contributed by atoms with E-state index in [0.29, 0.717) is 11.4 Å². The number of halogens is 1. The zero-order chi connectivity index (χ0) is 20.1. The second-order valence-corrected chi connectivity index (χ2v) is 6.90. The molecule has 0 aliphatic carbocycles. The SMILES string of the molecule is O=C(/C=C/C=C/c1ccc2c(c1)OCO2)OCc1cn(-c2ccccc2Br)nn1. The molecule has 0 spiro atoms. The Morgan fingerprint density at radius 2 is 2.03 bits per heavy atom. The molecule has 0 amide bonds. The molecule has 29 heavy (non-hydrogen) atoms. The minimum atomic E-state index is -0.462. The van der Waals surface area contributed by atoms with E-state index < -0.39 is 5.97 Å². The van der Waals surface area contributed by atoms with Crippen LogP contribution >= 0.6 is 15.9 Å². The standard InChI is InChI=1S/C21H16BrN3O4/c22-17-6-2-3-7-18(17)25-12-16(23-24-25)13-27-21(26)8-4-1-5-15-9-10-19-20(11-15)29-14-28-19/h1-12H,13-14H2/b5-1+,8-4+. The van der Waals surface area contributed by atoms with Crippen LogP contribution in [0.5, 0.6) is 11.5 Å². The van der Waals surface area contributed by atoms with E-state index in [9.17, 15) is 4.79 Å². The molecule has 2 heterocycles. The van der Waals surface area contributed by atoms with Gasteiger partial charge in [-0.25, -0.2) is 9.48 Å². The Hall–Kier alpha value is -3.39. The number of hydrogen-bond acceptors (Lipinski definition) is 6. The summed E-state index contributed by atoms with van der Waals surface area (Å²) >= 11 is 3.47. The number of rotatable bonds is 6. The van der Waals surface area contributed by atoms with Gasteiger partial charge in [-0.05, 0) is 45.8 Å². The smallest absolute Gasteiger partial charge is 0.331 e. The monoisotopic (exact) mass is 453 g/mol. The quantitative estimate of drug-likeness (QED) is 0.318. The Labute approximate surface area is 175 Å². The summed E-state index contributed by atoms with van der Waals surface area (Å²) in [5.41, 5.74) is 2.35. The first kappa shape index (κ1) is 18.9. The fraction of sp³-hybridized carbons (Fsp3) is 0.0952. The summed E-state index contributed by atoms with van der Waals surface area (Å²) in [5, 5.41) is 8.08. The molecule has 0 fully saturated rings. The van der Waals surface area contributed by atoms with Crippen molar-refractivity contribution in [3.05, 3.63) is 82.6 Å². The van der Waals surface area contributed by atoms with Crippen molar-refractivity contribution < 1.29 is 19.0 Å². The minimum Gasteiger partial charge on any atom is -0.456 e. The number of benzene rings is 2. The number of para-hydroxylation sites is 1. The first-order chi connectivity index (χ1) is 14.2. The van der Waals surface area contributed by atoms with Crippen LogP contribution in [0.3, 0.4) is 0 Å². The number of carbonyl (C=O) groups excluding carboxylic acids is 1. The fourth-order valence-corrected chi connectivity index (χ4v) is 3.10. The molecule has 1 aromatic heterocycles. The zero-order valence-corrected chi connectivity index (χ0v) is 16.8. The minimum absolute atomic E-state index is 0.0412. The highest BCUT2D eigenvalue weighted by atomic mass is 79.9. The number of ether oxygens (including phenoxy) is 3. The maximum absolute atomic E-state index is 11.9. The van der Waals surface area contributed by atoms with Crippen LogP contribution < -0.4 is 9.47 Å². The predicted octanol–water partition coefficient (Wildman–Crippen LogP) is 4.07. The molecule has 3 aromatic rings. The van der Waals surface area contributed by atoms with Gasteiger partial charge in [-0.1, -0.05) is 41.6 Å². The molecule has 0 atom stereocenters. The van der Waals surface area contributed by atoms with Crippen LogP contribution in [0.1, 0.15) is 11.3 Å². The molecule has 0 N–H and O–H groups in total. The summed E-state index contributed by atoms with van der Waals surface area (Å²) in [6, 6.07) is 13.3. The van der Waals surface area contributed by atoms with Gasteiger partial charge in [-0.3, -0.25) is 0 Å². The average Bonchev–Trinajstić information content (AvgIpc) is 3.39. The molecule has 7 nitrogen and oxygen atoms in total. The first-order valence-electron chi connectivity index (χ1n) is 8.76. The molecule has 0 bridgehead atoms. The summed E-state index contributed by atoms with van der Waals surface area (Å²) in [6.45, 7) is 0.282. The highest BCUT2D eigenvalue weighted by molar-refractivity contribution is 9.10. The number of allylic oxidation sites excluding steroid dienone is 2. The summed E-state index contributed by atoms with van der Waals surface area (Å²) in [7, 11) is 0. The van der Waals surface area contributed by atoms with Crippen molar-refractivity contribution in [1.29, 1.82) is 0 Å². The third-order valence-corrected chi connectivity index (χ3v) is 4.70. The topological polar surface area (TPSA) is 75.5 Å². The normalized spacial score (nSPS) is 12.7. The van der Waals surface area contributed by atoms with Gasteiger partial charge < -0.3 is 14.2 Å². The van der Waals surface area contributed by atoms with E-state index in [-0.39, 0.29) is 13.4 Å². The van der Waals surface area contributed by atoms with Gasteiger partial charge in [0.2, 0.25) is 6.79 Å². The summed E-state index contributed by atoms with van der Waals surface area (Å²) < 4.78 is 18.3. The van der Waals surface area contributed by atoms with Crippen LogP contribution in [0.15, 0.2) is 71.4 Å². The van der Waals surface area contributed by atoms with E-state index in [2.05, 4.69) is 26.2 Å². The lowest BCUT2D eigenvalue weighted by Gasteiger charge is -2.01. The van der Waals surface area contributed by atoms with E-state index in [4.69, 9.17) is 14.2 Å². The van der Waals surface area contributed by atoms with Crippen molar-refractivity contribution in [3.63, 3.8) is 0 Å². The molecule has 0 saturated carbocycles. The van der Waals surface area contributed by atoms with Crippen molar-refractivity contribution in [2.24, 2.45) is 0 Å². The van der Waals surface area contributed by atoms with Gasteiger partial charge in [-0.2, -0.15) is 0 Å². The first-order valence-corrected chi connectivity index (χ1v) is 9.55. The maximum Gasteiger partial charge on any atom is 0.331 e. The Bertz CT molecular complexity index is 1090. The van der Waals surface area contributed by atoms with Crippen LogP contribution in [0, 0.1) is 0 Å². The van der Waals surface area contributed by atoms with Gasteiger partial charge in [0.1, 0.15) is 12.3 Å². The highest BCUT2D eigenvalue weighted by Crippen LogP contribution is 2.32. The van der Waals surface area contributed by atoms with Crippen molar-refractivity contribution in [2.75, 3.05) is 6.79 Å². The third kappa shape index (κ3) is 4.72. The fourth-order valence-electron chi connectivity index (χ4n) is 2.63. The van der Waals surface area contributed by atoms with E-state index in [1.165, 1.54) is 6.08 Å². The molecule has 1 aliphatic heterocycles. The van der Waals surface area contributed by atoms with E-state index >= 15 is 0 Å². The highest BCUT2D eigenvalue weighted by Gasteiger charge is 2.12. The number of nitrogens with zero attached hydrogens (tertiary/aromatic N) is 3. The second-order valence-electron chi connectivity index (χ2n) is 6.04. The lowest BCUT2D eigenvalue weighted by molar-refractivity contribution is -0.139. The molecule has 1 aliphatic rings. The Balaban J connectivity index is 1.28. The summed E-state index contributed by atoms with van der Waals surface area (Å²) in [5.74, 6) is 0.986. The van der Waals surface area contributed by atoms with Gasteiger partial charge in [0.15, 0.2) is 11.5 Å². The Morgan fingerprint density at radius 1 is 1.17 bits per heavy atom. The van der Waals surface area contributed by atoms with Crippen LogP contribution in [-0.4, -0.2) is 27.8 Å². The Kier molecular flexibility index (Phi) is 5.71. The average molecular weight is 454 g/mol. The van der Waals surface area contributed by atoms with Gasteiger partial charge in [0.05, 0.1) is 11.9 Å². The lowest BCUT2D eigenvalue weighted by Crippen LogP contribution is -2.00. The second kappa shape index (κ2) is 8.74. The molecule has 8 heteroatoms. The van der Waals surface area contributed by atoms with Crippen molar-refractivity contribution in [2.45, 2.75) is 6.61 Å². The van der Waals surface area contributed by atoms with E-state index in [1.807, 2.05) is 48.5 Å². The predicted molar refractivity (Wildman–Crippen MR) is 110 cm³/mol. The number of carbonyl (C=O) groups is 1. The zero-order valence-electron chi connectivity index (χ0n) is 15.2. The number of esters is 1. The van der Waals surface area contributed by atoms with Gasteiger partial charge in [0, 0.05) is 10.5 Å². The van der Waals surface area contributed by atoms with Crippen LogP contribution in [-0.2, 0) is 16.1 Å². The number of aromatic nitrogens is 3. The molecule has 0 radical (unpaired) electrons.